The first kappa shape index (κ1) is 34.9. The largest absolute Gasteiger partial charge is 1.00 e. The third kappa shape index (κ3) is 7.54. The van der Waals surface area contributed by atoms with Gasteiger partial charge in [-0.05, 0) is 28.5 Å². The van der Waals surface area contributed by atoms with E-state index in [9.17, 15) is 0 Å². The quantitative estimate of drug-likeness (QED) is 0.177. The van der Waals surface area contributed by atoms with E-state index in [-0.39, 0.29) is 24.8 Å². The molecule has 5 aromatic carbocycles. The molecule has 0 amide bonds. The van der Waals surface area contributed by atoms with E-state index in [1.807, 2.05) is 39.6 Å². The number of hydrogen-bond donors (Lipinski definition) is 0. The Balaban J connectivity index is 0.000000171. The van der Waals surface area contributed by atoms with Crippen LogP contribution in [0.2, 0.25) is 0 Å². The Morgan fingerprint density at radius 3 is 1.84 bits per heavy atom. The van der Waals surface area contributed by atoms with Crippen molar-refractivity contribution in [2.24, 2.45) is 23.7 Å². The predicted octanol–water partition coefficient (Wildman–Crippen LogP) is 5.14. The zero-order chi connectivity index (χ0) is 28.9. The average Bonchev–Trinajstić information content (AvgIpc) is 3.88. The number of halogens is 2. The van der Waals surface area contributed by atoms with Crippen molar-refractivity contribution >= 4 is 24.8 Å². The average molecular weight is 699 g/mol. The molecule has 0 radical (unpaired) electrons. The second-order valence-corrected chi connectivity index (χ2v) is 14.2. The molecule has 228 valence electrons. The molecule has 0 saturated heterocycles. The van der Waals surface area contributed by atoms with Crippen molar-refractivity contribution in [2.45, 2.75) is 71.6 Å². The summed E-state index contributed by atoms with van der Waals surface area (Å²) in [6.45, 7) is 5.04. The maximum atomic E-state index is 3.48. The van der Waals surface area contributed by atoms with E-state index in [1.165, 1.54) is 95.2 Å². The number of fused-ring (bicyclic) bond motifs is 8. The van der Waals surface area contributed by atoms with Crippen molar-refractivity contribution in [3.8, 4) is 11.1 Å². The molecule has 0 bridgehead atoms. The van der Waals surface area contributed by atoms with Gasteiger partial charge in [0.15, 0.2) is 0 Å². The summed E-state index contributed by atoms with van der Waals surface area (Å²) in [6, 6.07) is 37.3. The van der Waals surface area contributed by atoms with Crippen molar-refractivity contribution < 1.29 is 49.0 Å². The molecule has 0 heterocycles. The van der Waals surface area contributed by atoms with E-state index in [2.05, 4.69) is 80.6 Å². The normalized spacial score (nSPS) is 16.8. The fraction of sp³-hybridized carbons (Fsp3) is 0.366. The van der Waals surface area contributed by atoms with Gasteiger partial charge in [0.2, 0.25) is 0 Å². The summed E-state index contributed by atoms with van der Waals surface area (Å²) in [6.07, 6.45) is 13.0. The van der Waals surface area contributed by atoms with Gasteiger partial charge in [0.1, 0.15) is 0 Å². The molecule has 0 nitrogen and oxygen atoms in total. The van der Waals surface area contributed by atoms with Crippen LogP contribution in [0.5, 0.6) is 0 Å². The standard InChI is InChI=1S/C21H13.C15H26.C5H5.2ClH.Zr/c1-2-8-15-14(7-1)13-20-18-11-4-3-9-16(18)17-10-5-6-12-19(17)21(15)20;1-12(14-7-3-4-8-14)11-13(2)15-9-5-6-10-15;1-2-4-5-3-1;;;/h1-10,12H,13H2;12-15H,3-10H2,1-2H3;1-5H;2*1H;/q-1;;-1;;;+2/p-2. The first-order valence-electron chi connectivity index (χ1n) is 16.3. The molecule has 0 spiro atoms. The number of benzene rings is 4. The topological polar surface area (TPSA) is 0 Å². The van der Waals surface area contributed by atoms with Gasteiger partial charge >= 0.3 is 116 Å². The fourth-order valence-electron chi connectivity index (χ4n) is 7.89. The Hall–Kier alpha value is -1.92. The van der Waals surface area contributed by atoms with Crippen LogP contribution in [-0.4, -0.2) is 3.21 Å². The minimum Gasteiger partial charge on any atom is -1.00 e. The minimum atomic E-state index is 0. The van der Waals surface area contributed by atoms with E-state index in [4.69, 9.17) is 0 Å². The van der Waals surface area contributed by atoms with Gasteiger partial charge in [0.25, 0.3) is 0 Å². The monoisotopic (exact) mass is 696 g/mol. The summed E-state index contributed by atoms with van der Waals surface area (Å²) in [5, 5.41) is 5.30. The Morgan fingerprint density at radius 2 is 1.25 bits per heavy atom. The molecule has 2 atom stereocenters. The summed E-state index contributed by atoms with van der Waals surface area (Å²) in [5.74, 6) is 3.93. The van der Waals surface area contributed by atoms with Crippen LogP contribution < -0.4 is 24.8 Å². The summed E-state index contributed by atoms with van der Waals surface area (Å²) in [5.41, 5.74) is 5.67. The van der Waals surface area contributed by atoms with Crippen molar-refractivity contribution in [1.29, 1.82) is 0 Å². The van der Waals surface area contributed by atoms with Crippen LogP contribution in [-0.2, 0) is 30.7 Å². The van der Waals surface area contributed by atoms with E-state index in [1.54, 1.807) is 24.2 Å². The van der Waals surface area contributed by atoms with Gasteiger partial charge in [0, 0.05) is 0 Å². The Kier molecular flexibility index (Phi) is 13.2. The molecular weight excluding hydrogens is 655 g/mol. The molecule has 8 rings (SSSR count). The number of hydrogen-bond acceptors (Lipinski definition) is 0. The molecule has 5 aromatic rings. The van der Waals surface area contributed by atoms with Gasteiger partial charge < -0.3 is 24.8 Å². The third-order valence-electron chi connectivity index (χ3n) is 10.4. The van der Waals surface area contributed by atoms with Crippen LogP contribution in [0.15, 0.2) is 97.1 Å². The molecular formula is C41H44Cl2Zr-2. The Bertz CT molecular complexity index is 1580. The zero-order valence-electron chi connectivity index (χ0n) is 26.2. The van der Waals surface area contributed by atoms with Gasteiger partial charge in [-0.3, -0.25) is 0 Å². The Labute approximate surface area is 292 Å². The van der Waals surface area contributed by atoms with E-state index < -0.39 is 0 Å². The predicted molar refractivity (Wildman–Crippen MR) is 178 cm³/mol. The van der Waals surface area contributed by atoms with Crippen LogP contribution in [0.25, 0.3) is 32.7 Å². The van der Waals surface area contributed by atoms with Crippen LogP contribution >= 0.6 is 0 Å². The van der Waals surface area contributed by atoms with Crippen molar-refractivity contribution in [1.82, 2.24) is 0 Å². The third-order valence-corrected chi connectivity index (χ3v) is 12.6. The number of rotatable bonds is 4. The first-order chi connectivity index (χ1) is 20.6. The molecule has 0 aromatic heterocycles. The molecule has 3 aliphatic rings. The summed E-state index contributed by atoms with van der Waals surface area (Å²) in [4.78, 5) is 0. The molecule has 3 aliphatic carbocycles. The molecule has 0 N–H and O–H groups in total. The fourth-order valence-corrected chi connectivity index (χ4v) is 9.04. The second kappa shape index (κ2) is 16.6. The summed E-state index contributed by atoms with van der Waals surface area (Å²) >= 11 is 1.73. The van der Waals surface area contributed by atoms with Gasteiger partial charge in [-0.1, -0.05) is 53.9 Å². The van der Waals surface area contributed by atoms with Crippen LogP contribution in [0, 0.1) is 29.7 Å². The maximum absolute atomic E-state index is 3.48. The second-order valence-electron chi connectivity index (χ2n) is 12.8. The van der Waals surface area contributed by atoms with E-state index in [0.717, 1.165) is 30.1 Å². The summed E-state index contributed by atoms with van der Waals surface area (Å²) < 4.78 is 1.91. The molecule has 0 aliphatic heterocycles. The van der Waals surface area contributed by atoms with Gasteiger partial charge in [-0.2, -0.15) is 18.2 Å². The van der Waals surface area contributed by atoms with E-state index in [0.29, 0.717) is 0 Å². The van der Waals surface area contributed by atoms with Crippen molar-refractivity contribution in [2.75, 3.05) is 0 Å². The van der Waals surface area contributed by atoms with Crippen LogP contribution in [0.1, 0.15) is 76.3 Å². The van der Waals surface area contributed by atoms with Crippen LogP contribution in [0.4, 0.5) is 0 Å². The van der Waals surface area contributed by atoms with E-state index >= 15 is 0 Å². The summed E-state index contributed by atoms with van der Waals surface area (Å²) in [7, 11) is 0. The zero-order valence-corrected chi connectivity index (χ0v) is 30.1. The Morgan fingerprint density at radius 1 is 0.705 bits per heavy atom. The smallest absolute Gasteiger partial charge is 0.0240 e. The van der Waals surface area contributed by atoms with Crippen molar-refractivity contribution in [3.05, 3.63) is 114 Å². The first-order valence-corrected chi connectivity index (χ1v) is 17.5. The molecule has 3 heteroatoms. The maximum Gasteiger partial charge on any atom is -0.0240 e. The molecule has 2 unspecified atom stereocenters. The minimum absolute atomic E-state index is 0. The molecule has 44 heavy (non-hydrogen) atoms. The van der Waals surface area contributed by atoms with Crippen LogP contribution in [0.3, 0.4) is 0 Å². The molecule has 2 saturated carbocycles. The van der Waals surface area contributed by atoms with Gasteiger partial charge in [-0.15, -0.1) is 40.6 Å². The molecule has 2 fully saturated rings. The van der Waals surface area contributed by atoms with Crippen molar-refractivity contribution in [3.63, 3.8) is 0 Å². The van der Waals surface area contributed by atoms with Gasteiger partial charge in [-0.25, -0.2) is 12.1 Å². The SMILES string of the molecule is CC([C](=[Zr+2])C(C)C1CCCC1)C1CCCC1.[Cl-].[Cl-].[c-]1cccc2c1c1c(c3ccccc32)-c2ccccc2C1.c1cc[cH-]c1. The van der Waals surface area contributed by atoms with Gasteiger partial charge in [0.05, 0.1) is 0 Å².